The number of thioether (sulfide) groups is 1. The molecular formula is C16H12ClNO3S. The first-order chi connectivity index (χ1) is 10.8. The Morgan fingerprint density at radius 1 is 1.14 bits per heavy atom. The maximum absolute atomic E-state index is 6.24. The first kappa shape index (κ1) is 13.8. The fourth-order valence-corrected chi connectivity index (χ4v) is 3.36. The predicted octanol–water partition coefficient (Wildman–Crippen LogP) is 4.54. The van der Waals surface area contributed by atoms with Gasteiger partial charge in [-0.15, -0.1) is 0 Å². The van der Waals surface area contributed by atoms with Crippen molar-refractivity contribution in [2.45, 2.75) is 11.0 Å². The molecule has 3 aromatic rings. The van der Waals surface area contributed by atoms with Gasteiger partial charge in [-0.2, -0.15) is 0 Å². The van der Waals surface area contributed by atoms with Crippen molar-refractivity contribution in [3.8, 4) is 11.5 Å². The van der Waals surface area contributed by atoms with Crippen molar-refractivity contribution in [2.75, 3.05) is 13.2 Å². The Hall–Kier alpha value is -1.85. The topological polar surface area (TPSA) is 44.5 Å². The average molecular weight is 334 g/mol. The van der Waals surface area contributed by atoms with Crippen LogP contribution in [0.3, 0.4) is 0 Å². The molecular weight excluding hydrogens is 322 g/mol. The van der Waals surface area contributed by atoms with E-state index in [9.17, 15) is 0 Å². The number of aromatic nitrogens is 1. The number of para-hydroxylation sites is 2. The molecule has 0 N–H and O–H groups in total. The maximum atomic E-state index is 6.24. The molecule has 0 saturated carbocycles. The predicted molar refractivity (Wildman–Crippen MR) is 86.0 cm³/mol. The van der Waals surface area contributed by atoms with E-state index in [1.165, 1.54) is 11.8 Å². The lowest BCUT2D eigenvalue weighted by Gasteiger charge is -2.20. The van der Waals surface area contributed by atoms with Gasteiger partial charge >= 0.3 is 0 Å². The molecule has 2 heterocycles. The molecule has 6 heteroatoms. The molecule has 2 aromatic carbocycles. The Kier molecular flexibility index (Phi) is 3.60. The summed E-state index contributed by atoms with van der Waals surface area (Å²) in [6.07, 6.45) is 0. The first-order valence-electron chi connectivity index (χ1n) is 6.86. The van der Waals surface area contributed by atoms with E-state index in [1.54, 1.807) is 0 Å². The summed E-state index contributed by atoms with van der Waals surface area (Å²) < 4.78 is 16.8. The maximum Gasteiger partial charge on any atom is 0.257 e. The summed E-state index contributed by atoms with van der Waals surface area (Å²) in [4.78, 5) is 4.45. The minimum absolute atomic E-state index is 0.531. The van der Waals surface area contributed by atoms with Gasteiger partial charge in [-0.1, -0.05) is 35.5 Å². The molecule has 0 amide bonds. The largest absolute Gasteiger partial charge is 0.486 e. The molecule has 1 aliphatic rings. The summed E-state index contributed by atoms with van der Waals surface area (Å²) in [5.74, 6) is 2.03. The highest BCUT2D eigenvalue weighted by molar-refractivity contribution is 7.98. The summed E-state index contributed by atoms with van der Waals surface area (Å²) in [5, 5.41) is 1.22. The number of hydrogen-bond acceptors (Lipinski definition) is 5. The van der Waals surface area contributed by atoms with Crippen LogP contribution in [-0.4, -0.2) is 18.2 Å². The van der Waals surface area contributed by atoms with Gasteiger partial charge in [-0.25, -0.2) is 4.98 Å². The molecule has 0 aliphatic carbocycles. The van der Waals surface area contributed by atoms with Gasteiger partial charge in [0, 0.05) is 5.75 Å². The second-order valence-corrected chi connectivity index (χ2v) is 6.17. The highest BCUT2D eigenvalue weighted by atomic mass is 35.5. The van der Waals surface area contributed by atoms with Gasteiger partial charge in [0.05, 0.1) is 5.02 Å². The molecule has 0 radical (unpaired) electrons. The lowest BCUT2D eigenvalue weighted by atomic mass is 10.2. The Labute approximate surface area is 136 Å². The van der Waals surface area contributed by atoms with Gasteiger partial charge in [0.15, 0.2) is 17.1 Å². The summed E-state index contributed by atoms with van der Waals surface area (Å²) in [6, 6.07) is 11.6. The van der Waals surface area contributed by atoms with Crippen LogP contribution in [0.25, 0.3) is 11.1 Å². The van der Waals surface area contributed by atoms with Crippen LogP contribution < -0.4 is 9.47 Å². The van der Waals surface area contributed by atoms with Crippen molar-refractivity contribution in [1.29, 1.82) is 0 Å². The van der Waals surface area contributed by atoms with Gasteiger partial charge in [-0.05, 0) is 29.8 Å². The van der Waals surface area contributed by atoms with Gasteiger partial charge in [0.2, 0.25) is 0 Å². The van der Waals surface area contributed by atoms with E-state index in [1.807, 2.05) is 36.4 Å². The molecule has 0 fully saturated rings. The normalized spacial score (nSPS) is 13.5. The molecule has 112 valence electrons. The van der Waals surface area contributed by atoms with Crippen LogP contribution in [0.4, 0.5) is 0 Å². The van der Waals surface area contributed by atoms with E-state index in [0.29, 0.717) is 40.7 Å². The Morgan fingerprint density at radius 3 is 2.91 bits per heavy atom. The summed E-state index contributed by atoms with van der Waals surface area (Å²) in [6.45, 7) is 1.08. The number of ether oxygens (including phenoxy) is 2. The molecule has 0 unspecified atom stereocenters. The number of nitrogens with zero attached hydrogens (tertiary/aromatic N) is 1. The van der Waals surface area contributed by atoms with Crippen LogP contribution in [0.1, 0.15) is 5.56 Å². The summed E-state index contributed by atoms with van der Waals surface area (Å²) in [7, 11) is 0. The van der Waals surface area contributed by atoms with E-state index in [-0.39, 0.29) is 0 Å². The SMILES string of the molecule is Clc1cc(CSc2nc3ccccc3o2)cc2c1OCCO2. The zero-order valence-corrected chi connectivity index (χ0v) is 13.1. The van der Waals surface area contributed by atoms with Crippen molar-refractivity contribution < 1.29 is 13.9 Å². The minimum Gasteiger partial charge on any atom is -0.486 e. The van der Waals surface area contributed by atoms with Crippen LogP contribution in [0.5, 0.6) is 11.5 Å². The smallest absolute Gasteiger partial charge is 0.257 e. The number of oxazole rings is 1. The van der Waals surface area contributed by atoms with Crippen molar-refractivity contribution in [1.82, 2.24) is 4.98 Å². The van der Waals surface area contributed by atoms with Crippen LogP contribution in [0.15, 0.2) is 46.0 Å². The van der Waals surface area contributed by atoms with Crippen LogP contribution in [0.2, 0.25) is 5.02 Å². The summed E-state index contributed by atoms with van der Waals surface area (Å²) >= 11 is 7.77. The third-order valence-electron chi connectivity index (χ3n) is 3.29. The molecule has 0 saturated heterocycles. The van der Waals surface area contributed by atoms with Crippen LogP contribution in [0, 0.1) is 0 Å². The van der Waals surface area contributed by atoms with Gasteiger partial charge in [0.1, 0.15) is 18.7 Å². The fourth-order valence-electron chi connectivity index (χ4n) is 2.31. The van der Waals surface area contributed by atoms with Gasteiger partial charge in [0.25, 0.3) is 5.22 Å². The number of halogens is 1. The first-order valence-corrected chi connectivity index (χ1v) is 8.22. The molecule has 22 heavy (non-hydrogen) atoms. The molecule has 1 aromatic heterocycles. The summed E-state index contributed by atoms with van der Waals surface area (Å²) in [5.41, 5.74) is 2.71. The van der Waals surface area contributed by atoms with E-state index >= 15 is 0 Å². The van der Waals surface area contributed by atoms with Crippen molar-refractivity contribution >= 4 is 34.5 Å². The quantitative estimate of drug-likeness (QED) is 0.658. The highest BCUT2D eigenvalue weighted by Crippen LogP contribution is 2.39. The van der Waals surface area contributed by atoms with Crippen molar-refractivity contribution in [3.63, 3.8) is 0 Å². The Bertz CT molecular complexity index is 800. The van der Waals surface area contributed by atoms with Crippen molar-refractivity contribution in [3.05, 3.63) is 47.0 Å². The molecule has 0 spiro atoms. The second-order valence-electron chi connectivity index (χ2n) is 4.84. The third kappa shape index (κ3) is 2.62. The number of benzene rings is 2. The van der Waals surface area contributed by atoms with Gasteiger partial charge in [-0.3, -0.25) is 0 Å². The standard InChI is InChI=1S/C16H12ClNO3S/c17-11-7-10(8-14-15(11)20-6-5-19-14)9-22-16-18-12-3-1-2-4-13(12)21-16/h1-4,7-8H,5-6,9H2. The Morgan fingerprint density at radius 2 is 2.00 bits per heavy atom. The minimum atomic E-state index is 0.531. The van der Waals surface area contributed by atoms with E-state index in [4.69, 9.17) is 25.5 Å². The Balaban J connectivity index is 1.55. The lowest BCUT2D eigenvalue weighted by molar-refractivity contribution is 0.171. The van der Waals surface area contributed by atoms with E-state index in [0.717, 1.165) is 16.7 Å². The molecule has 0 bridgehead atoms. The highest BCUT2D eigenvalue weighted by Gasteiger charge is 2.17. The number of rotatable bonds is 3. The fraction of sp³-hybridized carbons (Fsp3) is 0.188. The monoisotopic (exact) mass is 333 g/mol. The molecule has 0 atom stereocenters. The zero-order valence-electron chi connectivity index (χ0n) is 11.5. The lowest BCUT2D eigenvalue weighted by Crippen LogP contribution is -2.15. The van der Waals surface area contributed by atoms with Crippen molar-refractivity contribution in [2.24, 2.45) is 0 Å². The van der Waals surface area contributed by atoms with E-state index < -0.39 is 0 Å². The second kappa shape index (κ2) is 5.74. The molecule has 4 rings (SSSR count). The number of hydrogen-bond donors (Lipinski definition) is 0. The zero-order chi connectivity index (χ0) is 14.9. The van der Waals surface area contributed by atoms with E-state index in [2.05, 4.69) is 4.98 Å². The molecule has 1 aliphatic heterocycles. The number of fused-ring (bicyclic) bond motifs is 2. The molecule has 4 nitrogen and oxygen atoms in total. The van der Waals surface area contributed by atoms with Crippen LogP contribution >= 0.6 is 23.4 Å². The average Bonchev–Trinajstić information content (AvgIpc) is 2.96. The van der Waals surface area contributed by atoms with Crippen LogP contribution in [-0.2, 0) is 5.75 Å². The third-order valence-corrected chi connectivity index (χ3v) is 4.47. The van der Waals surface area contributed by atoms with Gasteiger partial charge < -0.3 is 13.9 Å².